The van der Waals surface area contributed by atoms with Crippen LogP contribution in [-0.2, 0) is 4.79 Å². The summed E-state index contributed by atoms with van der Waals surface area (Å²) in [6.07, 6.45) is 3.87. The number of carbonyl (C=O) groups excluding carboxylic acids is 1. The molecule has 0 aromatic carbocycles. The molecule has 18 heavy (non-hydrogen) atoms. The van der Waals surface area contributed by atoms with E-state index in [1.807, 2.05) is 0 Å². The lowest BCUT2D eigenvalue weighted by Gasteiger charge is -2.20. The van der Waals surface area contributed by atoms with E-state index >= 15 is 0 Å². The fourth-order valence-electron chi connectivity index (χ4n) is 4.73. The summed E-state index contributed by atoms with van der Waals surface area (Å²) >= 11 is 0. The molecule has 2 saturated carbocycles. The van der Waals surface area contributed by atoms with Crippen molar-refractivity contribution in [1.29, 1.82) is 0 Å². The van der Waals surface area contributed by atoms with Gasteiger partial charge in [0.15, 0.2) is 11.8 Å². The van der Waals surface area contributed by atoms with Crippen LogP contribution in [0.5, 0.6) is 0 Å². The Hall–Kier alpha value is -0.860. The van der Waals surface area contributed by atoms with Crippen molar-refractivity contribution in [2.45, 2.75) is 53.0 Å². The third-order valence-electron chi connectivity index (χ3n) is 5.17. The molecule has 2 bridgehead atoms. The summed E-state index contributed by atoms with van der Waals surface area (Å²) in [5.41, 5.74) is 4.58. The lowest BCUT2D eigenvalue weighted by Crippen LogP contribution is -2.41. The molecular formula is C15H25N2O+. The van der Waals surface area contributed by atoms with Gasteiger partial charge in [-0.1, -0.05) is 27.7 Å². The maximum Gasteiger partial charge on any atom is 0.284 e. The normalized spacial score (nSPS) is 37.7. The Kier molecular flexibility index (Phi) is 2.76. The molecule has 4 atom stereocenters. The molecule has 3 aliphatic rings. The Morgan fingerprint density at radius 3 is 2.39 bits per heavy atom. The Bertz CT molecular complexity index is 401. The first-order valence-corrected chi connectivity index (χ1v) is 7.47. The van der Waals surface area contributed by atoms with Gasteiger partial charge in [-0.05, 0) is 25.2 Å². The largest absolute Gasteiger partial charge is 0.284 e. The smallest absolute Gasteiger partial charge is 0.269 e. The van der Waals surface area contributed by atoms with Crippen molar-refractivity contribution in [2.75, 3.05) is 0 Å². The maximum absolute atomic E-state index is 12.2. The number of fused-ring (bicyclic) bond motifs is 5. The Morgan fingerprint density at radius 2 is 1.78 bits per heavy atom. The van der Waals surface area contributed by atoms with E-state index in [0.717, 1.165) is 5.92 Å². The molecule has 3 nitrogen and oxygen atoms in total. The minimum absolute atomic E-state index is 0.274. The van der Waals surface area contributed by atoms with Crippen molar-refractivity contribution in [3.8, 4) is 0 Å². The first-order chi connectivity index (χ1) is 8.50. The van der Waals surface area contributed by atoms with Crippen LogP contribution in [0.3, 0.4) is 0 Å². The average molecular weight is 249 g/mol. The lowest BCUT2D eigenvalue weighted by molar-refractivity contribution is -0.606. The molecule has 1 amide bonds. The summed E-state index contributed by atoms with van der Waals surface area (Å²) in [7, 11) is 0. The van der Waals surface area contributed by atoms with Crippen molar-refractivity contribution in [3.63, 3.8) is 0 Å². The summed E-state index contributed by atoms with van der Waals surface area (Å²) in [6, 6.07) is 0.455. The number of rotatable bonds is 2. The van der Waals surface area contributed by atoms with Gasteiger partial charge in [0, 0.05) is 17.8 Å². The number of carbonyl (C=O) groups is 1. The molecule has 1 aliphatic heterocycles. The monoisotopic (exact) mass is 249 g/mol. The van der Waals surface area contributed by atoms with Crippen LogP contribution in [-0.4, -0.2) is 22.3 Å². The second-order valence-electron chi connectivity index (χ2n) is 6.93. The van der Waals surface area contributed by atoms with Gasteiger partial charge in [0.1, 0.15) is 5.92 Å². The van der Waals surface area contributed by atoms with E-state index in [2.05, 4.69) is 37.8 Å². The highest BCUT2D eigenvalue weighted by Crippen LogP contribution is 2.51. The van der Waals surface area contributed by atoms with Gasteiger partial charge in [0.25, 0.3) is 5.91 Å². The number of nitrogens with zero attached hydrogens (tertiary/aromatic N) is 1. The molecule has 2 aliphatic carbocycles. The predicted octanol–water partition coefficient (Wildman–Crippen LogP) is 2.21. The third-order valence-corrected chi connectivity index (χ3v) is 5.17. The van der Waals surface area contributed by atoms with Crippen LogP contribution in [0, 0.1) is 29.6 Å². The molecule has 0 radical (unpaired) electrons. The zero-order chi connectivity index (χ0) is 13.0. The number of hydrazine groups is 1. The highest BCUT2D eigenvalue weighted by Gasteiger charge is 2.62. The molecule has 0 aromatic rings. The Morgan fingerprint density at radius 1 is 1.17 bits per heavy atom. The van der Waals surface area contributed by atoms with Crippen molar-refractivity contribution in [3.05, 3.63) is 0 Å². The van der Waals surface area contributed by atoms with E-state index < -0.39 is 0 Å². The SMILES string of the molecule is CC(C)C(C(C)C)=[N+]1NC(=O)C2C3CCC(C3)C21. The lowest BCUT2D eigenvalue weighted by atomic mass is 9.85. The summed E-state index contributed by atoms with van der Waals surface area (Å²) in [6.45, 7) is 8.95. The fourth-order valence-corrected chi connectivity index (χ4v) is 4.73. The topological polar surface area (TPSA) is 32.1 Å². The summed E-state index contributed by atoms with van der Waals surface area (Å²) in [5.74, 6) is 2.96. The quantitative estimate of drug-likeness (QED) is 0.748. The van der Waals surface area contributed by atoms with Gasteiger partial charge in [0.2, 0.25) is 0 Å². The van der Waals surface area contributed by atoms with Gasteiger partial charge in [-0.2, -0.15) is 0 Å². The highest BCUT2D eigenvalue weighted by atomic mass is 16.2. The molecule has 3 heteroatoms. The molecule has 3 rings (SSSR count). The van der Waals surface area contributed by atoms with Crippen molar-refractivity contribution in [2.24, 2.45) is 29.6 Å². The van der Waals surface area contributed by atoms with Gasteiger partial charge < -0.3 is 0 Å². The van der Waals surface area contributed by atoms with Crippen LogP contribution in [0.15, 0.2) is 0 Å². The molecule has 1 heterocycles. The van der Waals surface area contributed by atoms with E-state index in [1.165, 1.54) is 25.0 Å². The molecule has 0 aromatic heterocycles. The van der Waals surface area contributed by atoms with E-state index in [-0.39, 0.29) is 11.8 Å². The van der Waals surface area contributed by atoms with Gasteiger partial charge in [-0.15, -0.1) is 10.1 Å². The zero-order valence-corrected chi connectivity index (χ0v) is 11.9. The number of hydrogen-bond acceptors (Lipinski definition) is 1. The van der Waals surface area contributed by atoms with Crippen LogP contribution in [0.1, 0.15) is 47.0 Å². The van der Waals surface area contributed by atoms with Crippen LogP contribution in [0.4, 0.5) is 0 Å². The van der Waals surface area contributed by atoms with Crippen LogP contribution in [0.25, 0.3) is 0 Å². The Labute approximate surface area is 110 Å². The molecular weight excluding hydrogens is 224 g/mol. The maximum atomic E-state index is 12.2. The number of nitrogens with one attached hydrogen (secondary N) is 1. The van der Waals surface area contributed by atoms with Crippen LogP contribution < -0.4 is 5.43 Å². The second kappa shape index (κ2) is 4.07. The summed E-state index contributed by atoms with van der Waals surface area (Å²) in [4.78, 5) is 12.2. The summed E-state index contributed by atoms with van der Waals surface area (Å²) in [5, 5.41) is 0. The summed E-state index contributed by atoms with van der Waals surface area (Å²) < 4.78 is 2.27. The standard InChI is InChI=1S/C15H24N2O/c1-8(2)13(9(3)4)17-14-11-6-5-10(7-11)12(14)15(18)16-17/h8-12,14H,5-7H2,1-4H3/p+1. The van der Waals surface area contributed by atoms with Crippen LogP contribution in [0.2, 0.25) is 0 Å². The van der Waals surface area contributed by atoms with E-state index in [1.54, 1.807) is 0 Å². The number of hydrazone groups is 1. The van der Waals surface area contributed by atoms with Crippen molar-refractivity contribution >= 4 is 11.6 Å². The molecule has 1 N–H and O–H groups in total. The Balaban J connectivity index is 2.03. The minimum atomic E-state index is 0.274. The molecule has 1 saturated heterocycles. The van der Waals surface area contributed by atoms with Crippen molar-refractivity contribution < 1.29 is 9.48 Å². The number of amides is 1. The predicted molar refractivity (Wildman–Crippen MR) is 71.2 cm³/mol. The van der Waals surface area contributed by atoms with E-state index in [0.29, 0.717) is 23.8 Å². The van der Waals surface area contributed by atoms with E-state index in [4.69, 9.17) is 0 Å². The second-order valence-corrected chi connectivity index (χ2v) is 6.93. The number of hydrogen-bond donors (Lipinski definition) is 1. The van der Waals surface area contributed by atoms with Gasteiger partial charge in [0.05, 0.1) is 0 Å². The first kappa shape index (κ1) is 12.2. The first-order valence-electron chi connectivity index (χ1n) is 7.47. The molecule has 4 unspecified atom stereocenters. The van der Waals surface area contributed by atoms with Gasteiger partial charge in [-0.3, -0.25) is 4.79 Å². The molecule has 100 valence electrons. The van der Waals surface area contributed by atoms with Crippen LogP contribution >= 0.6 is 0 Å². The fraction of sp³-hybridized carbons (Fsp3) is 0.867. The zero-order valence-electron chi connectivity index (χ0n) is 11.9. The molecule has 3 fully saturated rings. The van der Waals surface area contributed by atoms with Gasteiger partial charge >= 0.3 is 0 Å². The molecule has 0 spiro atoms. The third kappa shape index (κ3) is 1.55. The average Bonchev–Trinajstić information content (AvgIpc) is 2.91. The highest BCUT2D eigenvalue weighted by molar-refractivity contribution is 5.86. The van der Waals surface area contributed by atoms with Crippen molar-refractivity contribution in [1.82, 2.24) is 5.43 Å². The van der Waals surface area contributed by atoms with Gasteiger partial charge in [-0.25, -0.2) is 0 Å². The minimum Gasteiger partial charge on any atom is -0.269 e. The van der Waals surface area contributed by atoms with E-state index in [9.17, 15) is 4.79 Å².